The van der Waals surface area contributed by atoms with Gasteiger partial charge in [-0.1, -0.05) is 18.2 Å². The largest absolute Gasteiger partial charge is 0.311 e. The lowest BCUT2D eigenvalue weighted by molar-refractivity contribution is 0.0993. The number of nitrogens with zero attached hydrogens (tertiary/aromatic N) is 1. The molecule has 0 aliphatic heterocycles. The molecule has 0 saturated carbocycles. The number of carbonyl (C=O) groups excluding carboxylic acids is 1. The minimum Gasteiger partial charge on any atom is -0.311 e. The van der Waals surface area contributed by atoms with Crippen LogP contribution < -0.4 is 9.62 Å². The normalized spacial score (nSPS) is 11.0. The van der Waals surface area contributed by atoms with E-state index < -0.39 is 10.0 Å². The van der Waals surface area contributed by atoms with Crippen LogP contribution in [0.4, 0.5) is 11.4 Å². The first-order valence-electron chi connectivity index (χ1n) is 6.28. The molecule has 0 fully saturated rings. The number of amides is 1. The minimum absolute atomic E-state index is 0.126. The summed E-state index contributed by atoms with van der Waals surface area (Å²) in [5.41, 5.74) is 1.74. The molecule has 0 saturated heterocycles. The van der Waals surface area contributed by atoms with E-state index in [9.17, 15) is 13.2 Å². The first-order chi connectivity index (χ1) is 9.87. The van der Waals surface area contributed by atoms with Crippen LogP contribution in [0.25, 0.3) is 0 Å². The molecule has 0 radical (unpaired) electrons. The van der Waals surface area contributed by atoms with Crippen molar-refractivity contribution in [3.8, 4) is 0 Å². The predicted octanol–water partition coefficient (Wildman–Crippen LogP) is 2.33. The highest BCUT2D eigenvalue weighted by Crippen LogP contribution is 2.19. The third-order valence-electron chi connectivity index (χ3n) is 2.88. The number of anilines is 2. The molecular weight excluding hydrogens is 288 g/mol. The van der Waals surface area contributed by atoms with Crippen molar-refractivity contribution in [2.75, 3.05) is 22.9 Å². The predicted molar refractivity (Wildman–Crippen MR) is 84.1 cm³/mol. The number of nitrogens with one attached hydrogen (secondary N) is 1. The Hall–Kier alpha value is -2.34. The van der Waals surface area contributed by atoms with Gasteiger partial charge in [0, 0.05) is 24.0 Å². The average Bonchev–Trinajstić information content (AvgIpc) is 2.46. The van der Waals surface area contributed by atoms with E-state index in [0.717, 1.165) is 6.26 Å². The lowest BCUT2D eigenvalue weighted by Gasteiger charge is -2.18. The summed E-state index contributed by atoms with van der Waals surface area (Å²) in [6, 6.07) is 15.6. The third-order valence-corrected chi connectivity index (χ3v) is 3.49. The molecule has 0 spiro atoms. The Bertz CT molecular complexity index is 725. The fraction of sp³-hybridized carbons (Fsp3) is 0.133. The standard InChI is InChI=1S/C15H16N2O3S/c1-17(15(18)12-6-4-3-5-7-12)14-10-8-13(9-11-14)16-21(2,19)20/h3-11,16H,1-2H3. The summed E-state index contributed by atoms with van der Waals surface area (Å²) in [7, 11) is -1.63. The summed E-state index contributed by atoms with van der Waals surface area (Å²) in [6.45, 7) is 0. The Morgan fingerprint density at radius 3 is 2.10 bits per heavy atom. The lowest BCUT2D eigenvalue weighted by atomic mass is 10.2. The number of hydrogen-bond donors (Lipinski definition) is 1. The van der Waals surface area contributed by atoms with Gasteiger partial charge >= 0.3 is 0 Å². The van der Waals surface area contributed by atoms with E-state index in [-0.39, 0.29) is 5.91 Å². The van der Waals surface area contributed by atoms with Gasteiger partial charge in [-0.2, -0.15) is 0 Å². The van der Waals surface area contributed by atoms with E-state index in [0.29, 0.717) is 16.9 Å². The highest BCUT2D eigenvalue weighted by atomic mass is 32.2. The van der Waals surface area contributed by atoms with Crippen molar-refractivity contribution in [1.29, 1.82) is 0 Å². The van der Waals surface area contributed by atoms with Crippen molar-refractivity contribution >= 4 is 27.3 Å². The zero-order valence-corrected chi connectivity index (χ0v) is 12.6. The highest BCUT2D eigenvalue weighted by molar-refractivity contribution is 7.92. The smallest absolute Gasteiger partial charge is 0.258 e. The van der Waals surface area contributed by atoms with Crippen LogP contribution in [0, 0.1) is 0 Å². The Morgan fingerprint density at radius 2 is 1.57 bits per heavy atom. The summed E-state index contributed by atoms with van der Waals surface area (Å²) in [6.07, 6.45) is 1.09. The maximum absolute atomic E-state index is 12.3. The molecule has 0 aliphatic rings. The highest BCUT2D eigenvalue weighted by Gasteiger charge is 2.13. The number of carbonyl (C=O) groups is 1. The number of sulfonamides is 1. The summed E-state index contributed by atoms with van der Waals surface area (Å²) in [4.78, 5) is 13.8. The summed E-state index contributed by atoms with van der Waals surface area (Å²) in [5.74, 6) is -0.126. The monoisotopic (exact) mass is 304 g/mol. The van der Waals surface area contributed by atoms with Gasteiger partial charge in [0.1, 0.15) is 0 Å². The van der Waals surface area contributed by atoms with Gasteiger partial charge in [0.05, 0.1) is 6.26 Å². The summed E-state index contributed by atoms with van der Waals surface area (Å²) >= 11 is 0. The molecule has 110 valence electrons. The molecule has 0 aromatic heterocycles. The van der Waals surface area contributed by atoms with Gasteiger partial charge in [-0.15, -0.1) is 0 Å². The van der Waals surface area contributed by atoms with Gasteiger partial charge in [-0.3, -0.25) is 9.52 Å². The van der Waals surface area contributed by atoms with Crippen LogP contribution in [0.2, 0.25) is 0 Å². The Labute approximate surface area is 124 Å². The quantitative estimate of drug-likeness (QED) is 0.942. The van der Waals surface area contributed by atoms with Crippen LogP contribution in [0.3, 0.4) is 0 Å². The van der Waals surface area contributed by atoms with Crippen LogP contribution in [-0.2, 0) is 10.0 Å². The molecule has 21 heavy (non-hydrogen) atoms. The van der Waals surface area contributed by atoms with Crippen LogP contribution in [-0.4, -0.2) is 27.6 Å². The maximum atomic E-state index is 12.3. The number of benzene rings is 2. The second kappa shape index (κ2) is 5.97. The van der Waals surface area contributed by atoms with Crippen molar-refractivity contribution in [2.45, 2.75) is 0 Å². The fourth-order valence-electron chi connectivity index (χ4n) is 1.86. The number of rotatable bonds is 4. The fourth-order valence-corrected chi connectivity index (χ4v) is 2.42. The van der Waals surface area contributed by atoms with Crippen molar-refractivity contribution < 1.29 is 13.2 Å². The Kier molecular flexibility index (Phi) is 4.28. The molecule has 6 heteroatoms. The second-order valence-electron chi connectivity index (χ2n) is 4.65. The summed E-state index contributed by atoms with van der Waals surface area (Å²) in [5, 5.41) is 0. The van der Waals surface area contributed by atoms with E-state index in [2.05, 4.69) is 4.72 Å². The average molecular weight is 304 g/mol. The lowest BCUT2D eigenvalue weighted by Crippen LogP contribution is -2.26. The van der Waals surface area contributed by atoms with Gasteiger partial charge in [0.15, 0.2) is 0 Å². The molecule has 1 amide bonds. The molecule has 5 nitrogen and oxygen atoms in total. The first kappa shape index (κ1) is 15.1. The van der Waals surface area contributed by atoms with Gasteiger partial charge < -0.3 is 4.90 Å². The Balaban J connectivity index is 2.17. The van der Waals surface area contributed by atoms with Crippen LogP contribution >= 0.6 is 0 Å². The van der Waals surface area contributed by atoms with Crippen molar-refractivity contribution in [1.82, 2.24) is 0 Å². The first-order valence-corrected chi connectivity index (χ1v) is 8.17. The van der Waals surface area contributed by atoms with Crippen LogP contribution in [0.5, 0.6) is 0 Å². The molecule has 0 unspecified atom stereocenters. The second-order valence-corrected chi connectivity index (χ2v) is 6.40. The molecule has 2 rings (SSSR count). The molecule has 0 bridgehead atoms. The molecule has 2 aromatic rings. The SMILES string of the molecule is CN(C(=O)c1ccccc1)c1ccc(NS(C)(=O)=O)cc1. The summed E-state index contributed by atoms with van der Waals surface area (Å²) < 4.78 is 24.7. The van der Waals surface area contributed by atoms with E-state index in [1.54, 1.807) is 55.6 Å². The minimum atomic E-state index is -3.30. The van der Waals surface area contributed by atoms with Gasteiger partial charge in [0.25, 0.3) is 5.91 Å². The van der Waals surface area contributed by atoms with E-state index in [1.165, 1.54) is 4.90 Å². The molecule has 0 aliphatic carbocycles. The molecule has 0 heterocycles. The third kappa shape index (κ3) is 4.06. The van der Waals surface area contributed by atoms with Crippen LogP contribution in [0.15, 0.2) is 54.6 Å². The van der Waals surface area contributed by atoms with Gasteiger partial charge in [0.2, 0.25) is 10.0 Å². The van der Waals surface area contributed by atoms with Crippen LogP contribution in [0.1, 0.15) is 10.4 Å². The zero-order chi connectivity index (χ0) is 15.5. The topological polar surface area (TPSA) is 66.5 Å². The molecule has 0 atom stereocenters. The van der Waals surface area contributed by atoms with Gasteiger partial charge in [-0.05, 0) is 36.4 Å². The number of hydrogen-bond acceptors (Lipinski definition) is 3. The Morgan fingerprint density at radius 1 is 1.00 bits per heavy atom. The maximum Gasteiger partial charge on any atom is 0.258 e. The van der Waals surface area contributed by atoms with Gasteiger partial charge in [-0.25, -0.2) is 8.42 Å². The zero-order valence-electron chi connectivity index (χ0n) is 11.8. The van der Waals surface area contributed by atoms with Crippen molar-refractivity contribution in [3.63, 3.8) is 0 Å². The molecular formula is C15H16N2O3S. The van der Waals surface area contributed by atoms with E-state index in [1.807, 2.05) is 6.07 Å². The molecule has 1 N–H and O–H groups in total. The van der Waals surface area contributed by atoms with E-state index >= 15 is 0 Å². The van der Waals surface area contributed by atoms with E-state index in [4.69, 9.17) is 0 Å². The van der Waals surface area contributed by atoms with Crippen molar-refractivity contribution in [2.24, 2.45) is 0 Å². The molecule has 2 aromatic carbocycles. The van der Waals surface area contributed by atoms with Crippen molar-refractivity contribution in [3.05, 3.63) is 60.2 Å².